The highest BCUT2D eigenvalue weighted by molar-refractivity contribution is 5.90. The van der Waals surface area contributed by atoms with Crippen LogP contribution in [-0.2, 0) is 15.7 Å². The Balaban J connectivity index is 2.42. The van der Waals surface area contributed by atoms with E-state index in [9.17, 15) is 18.0 Å². The summed E-state index contributed by atoms with van der Waals surface area (Å²) in [5, 5.41) is 5.41. The van der Waals surface area contributed by atoms with Crippen molar-refractivity contribution in [1.82, 2.24) is 5.32 Å². The van der Waals surface area contributed by atoms with Crippen LogP contribution < -0.4 is 10.6 Å². The Morgan fingerprint density at radius 2 is 2.05 bits per heavy atom. The van der Waals surface area contributed by atoms with Gasteiger partial charge in [0.05, 0.1) is 12.2 Å². The smallest absolute Gasteiger partial charge is 0.383 e. The zero-order valence-electron chi connectivity index (χ0n) is 11.1. The van der Waals surface area contributed by atoms with Gasteiger partial charge in [0, 0.05) is 32.3 Å². The van der Waals surface area contributed by atoms with Gasteiger partial charge in [-0.1, -0.05) is 6.07 Å². The normalized spacial score (nSPS) is 11.4. The third-order valence-corrected chi connectivity index (χ3v) is 2.49. The van der Waals surface area contributed by atoms with Gasteiger partial charge in [0.25, 0.3) is 0 Å². The predicted molar refractivity (Wildman–Crippen MR) is 69.4 cm³/mol. The Bertz CT molecular complexity index is 436. The Kier molecular flexibility index (Phi) is 6.47. The van der Waals surface area contributed by atoms with E-state index in [0.717, 1.165) is 12.1 Å². The molecule has 0 atom stereocenters. The molecule has 1 rings (SSSR count). The molecule has 0 aliphatic heterocycles. The first kappa shape index (κ1) is 16.5. The first-order valence-electron chi connectivity index (χ1n) is 6.10. The molecule has 0 radical (unpaired) electrons. The molecule has 0 aliphatic rings. The SMILES string of the molecule is COCCNCCC(=O)Nc1cccc(C(F)(F)F)c1. The van der Waals surface area contributed by atoms with Crippen LogP contribution in [0.25, 0.3) is 0 Å². The first-order chi connectivity index (χ1) is 9.43. The number of halogens is 3. The molecule has 0 spiro atoms. The second-order valence-corrected chi connectivity index (χ2v) is 4.12. The Morgan fingerprint density at radius 3 is 2.70 bits per heavy atom. The number of anilines is 1. The summed E-state index contributed by atoms with van der Waals surface area (Å²) in [5.41, 5.74) is -0.643. The van der Waals surface area contributed by atoms with Crippen LogP contribution in [-0.4, -0.2) is 32.7 Å². The third kappa shape index (κ3) is 6.03. The maximum atomic E-state index is 12.5. The van der Waals surface area contributed by atoms with Gasteiger partial charge in [-0.25, -0.2) is 0 Å². The maximum Gasteiger partial charge on any atom is 0.416 e. The van der Waals surface area contributed by atoms with Gasteiger partial charge in [-0.3, -0.25) is 4.79 Å². The molecule has 0 saturated carbocycles. The quantitative estimate of drug-likeness (QED) is 0.757. The number of rotatable bonds is 7. The minimum Gasteiger partial charge on any atom is -0.383 e. The molecular formula is C13H17F3N2O2. The van der Waals surface area contributed by atoms with Crippen molar-refractivity contribution in [3.05, 3.63) is 29.8 Å². The number of methoxy groups -OCH3 is 1. The number of carbonyl (C=O) groups is 1. The Morgan fingerprint density at radius 1 is 1.30 bits per heavy atom. The molecule has 0 saturated heterocycles. The summed E-state index contributed by atoms with van der Waals surface area (Å²) in [5.74, 6) is -0.339. The van der Waals surface area contributed by atoms with E-state index in [1.165, 1.54) is 12.1 Å². The number of nitrogens with one attached hydrogen (secondary N) is 2. The molecule has 0 aromatic heterocycles. The van der Waals surface area contributed by atoms with Crippen LogP contribution in [0.1, 0.15) is 12.0 Å². The fourth-order valence-electron chi connectivity index (χ4n) is 1.50. The standard InChI is InChI=1S/C13H17F3N2O2/c1-20-8-7-17-6-5-12(19)18-11-4-2-3-10(9-11)13(14,15)16/h2-4,9,17H,5-8H2,1H3,(H,18,19). The van der Waals surface area contributed by atoms with Gasteiger partial charge < -0.3 is 15.4 Å². The Hall–Kier alpha value is -1.60. The lowest BCUT2D eigenvalue weighted by atomic mass is 10.2. The highest BCUT2D eigenvalue weighted by Gasteiger charge is 2.30. The van der Waals surface area contributed by atoms with E-state index in [-0.39, 0.29) is 18.0 Å². The first-order valence-corrected chi connectivity index (χ1v) is 6.10. The zero-order valence-corrected chi connectivity index (χ0v) is 11.1. The number of alkyl halides is 3. The van der Waals surface area contributed by atoms with Crippen LogP contribution in [0.2, 0.25) is 0 Å². The van der Waals surface area contributed by atoms with E-state index in [1.54, 1.807) is 7.11 Å². The van der Waals surface area contributed by atoms with Crippen molar-refractivity contribution in [1.29, 1.82) is 0 Å². The lowest BCUT2D eigenvalue weighted by Gasteiger charge is -2.10. The number of carbonyl (C=O) groups excluding carboxylic acids is 1. The molecule has 1 aromatic carbocycles. The van der Waals surface area contributed by atoms with Crippen LogP contribution in [0.3, 0.4) is 0 Å². The van der Waals surface area contributed by atoms with Crippen molar-refractivity contribution in [2.45, 2.75) is 12.6 Å². The molecular weight excluding hydrogens is 273 g/mol. The van der Waals surface area contributed by atoms with Crippen LogP contribution in [0.5, 0.6) is 0 Å². The highest BCUT2D eigenvalue weighted by Crippen LogP contribution is 2.30. The van der Waals surface area contributed by atoms with Gasteiger partial charge in [-0.2, -0.15) is 13.2 Å². The minimum atomic E-state index is -4.41. The van der Waals surface area contributed by atoms with Crippen molar-refractivity contribution < 1.29 is 22.7 Å². The fourth-order valence-corrected chi connectivity index (χ4v) is 1.50. The molecule has 1 aromatic rings. The molecule has 20 heavy (non-hydrogen) atoms. The van der Waals surface area contributed by atoms with Crippen molar-refractivity contribution >= 4 is 11.6 Å². The number of ether oxygens (including phenoxy) is 1. The summed E-state index contributed by atoms with van der Waals surface area (Å²) in [6.07, 6.45) is -4.23. The number of amides is 1. The van der Waals surface area contributed by atoms with E-state index in [2.05, 4.69) is 10.6 Å². The van der Waals surface area contributed by atoms with E-state index < -0.39 is 11.7 Å². The third-order valence-electron chi connectivity index (χ3n) is 2.49. The number of hydrogen-bond acceptors (Lipinski definition) is 3. The van der Waals surface area contributed by atoms with E-state index >= 15 is 0 Å². The maximum absolute atomic E-state index is 12.5. The topological polar surface area (TPSA) is 50.4 Å². The molecule has 0 unspecified atom stereocenters. The van der Waals surface area contributed by atoms with Crippen molar-refractivity contribution in [3.8, 4) is 0 Å². The summed E-state index contributed by atoms with van der Waals surface area (Å²) in [7, 11) is 1.57. The fraction of sp³-hybridized carbons (Fsp3) is 0.462. The second kappa shape index (κ2) is 7.86. The minimum absolute atomic E-state index is 0.140. The highest BCUT2D eigenvalue weighted by atomic mass is 19.4. The lowest BCUT2D eigenvalue weighted by molar-refractivity contribution is -0.137. The van der Waals surface area contributed by atoms with Gasteiger partial charge in [-0.05, 0) is 18.2 Å². The van der Waals surface area contributed by atoms with Crippen molar-refractivity contribution in [2.75, 3.05) is 32.1 Å². The summed E-state index contributed by atoms with van der Waals surface area (Å²) in [6.45, 7) is 1.59. The molecule has 0 bridgehead atoms. The van der Waals surface area contributed by atoms with Crippen LogP contribution in [0, 0.1) is 0 Å². The van der Waals surface area contributed by atoms with Gasteiger partial charge in [0.15, 0.2) is 0 Å². The molecule has 2 N–H and O–H groups in total. The molecule has 112 valence electrons. The summed E-state index contributed by atoms with van der Waals surface area (Å²) in [6, 6.07) is 4.55. The lowest BCUT2D eigenvalue weighted by Crippen LogP contribution is -2.24. The Labute approximate surface area is 115 Å². The summed E-state index contributed by atoms with van der Waals surface area (Å²) < 4.78 is 42.3. The van der Waals surface area contributed by atoms with Gasteiger partial charge >= 0.3 is 6.18 Å². The van der Waals surface area contributed by atoms with Gasteiger partial charge in [0.1, 0.15) is 0 Å². The van der Waals surface area contributed by atoms with Gasteiger partial charge in [0.2, 0.25) is 5.91 Å². The molecule has 4 nitrogen and oxygen atoms in total. The van der Waals surface area contributed by atoms with Crippen LogP contribution in [0.4, 0.5) is 18.9 Å². The van der Waals surface area contributed by atoms with E-state index in [1.807, 2.05) is 0 Å². The van der Waals surface area contributed by atoms with E-state index in [0.29, 0.717) is 19.7 Å². The predicted octanol–water partition coefficient (Wildman–Crippen LogP) is 2.27. The van der Waals surface area contributed by atoms with Crippen LogP contribution >= 0.6 is 0 Å². The molecule has 0 fully saturated rings. The summed E-state index contributed by atoms with van der Waals surface area (Å²) in [4.78, 5) is 11.5. The zero-order chi connectivity index (χ0) is 15.0. The van der Waals surface area contributed by atoms with Crippen molar-refractivity contribution in [2.24, 2.45) is 0 Å². The molecule has 1 amide bonds. The molecule has 0 heterocycles. The number of benzene rings is 1. The second-order valence-electron chi connectivity index (χ2n) is 4.12. The van der Waals surface area contributed by atoms with Crippen LogP contribution in [0.15, 0.2) is 24.3 Å². The monoisotopic (exact) mass is 290 g/mol. The largest absolute Gasteiger partial charge is 0.416 e. The molecule has 7 heteroatoms. The number of hydrogen-bond donors (Lipinski definition) is 2. The van der Waals surface area contributed by atoms with E-state index in [4.69, 9.17) is 4.74 Å². The van der Waals surface area contributed by atoms with Crippen molar-refractivity contribution in [3.63, 3.8) is 0 Å². The average molecular weight is 290 g/mol. The van der Waals surface area contributed by atoms with Gasteiger partial charge in [-0.15, -0.1) is 0 Å². The summed E-state index contributed by atoms with van der Waals surface area (Å²) >= 11 is 0. The molecule has 0 aliphatic carbocycles. The average Bonchev–Trinajstić information content (AvgIpc) is 2.38.